The summed E-state index contributed by atoms with van der Waals surface area (Å²) >= 11 is 1.65. The van der Waals surface area contributed by atoms with Gasteiger partial charge in [0.25, 0.3) is 0 Å². The van der Waals surface area contributed by atoms with Gasteiger partial charge < -0.3 is 10.1 Å². The fraction of sp³-hybridized carbons (Fsp3) is 0.667. The Balaban J connectivity index is 2.02. The number of aromatic nitrogens is 2. The van der Waals surface area contributed by atoms with Gasteiger partial charge in [-0.05, 0) is 26.2 Å². The summed E-state index contributed by atoms with van der Waals surface area (Å²) in [5.41, 5.74) is -0.516. The van der Waals surface area contributed by atoms with Crippen LogP contribution in [-0.2, 0) is 0 Å². The van der Waals surface area contributed by atoms with E-state index in [1.54, 1.807) is 18.0 Å². The fourth-order valence-electron chi connectivity index (χ4n) is 1.75. The van der Waals surface area contributed by atoms with Crippen molar-refractivity contribution in [2.45, 2.75) is 42.2 Å². The van der Waals surface area contributed by atoms with Crippen LogP contribution in [0, 0.1) is 0 Å². The summed E-state index contributed by atoms with van der Waals surface area (Å²) in [4.78, 5) is 7.18. The summed E-state index contributed by atoms with van der Waals surface area (Å²) in [6.07, 6.45) is 6.66. The lowest BCUT2D eigenvalue weighted by Gasteiger charge is -2.23. The maximum atomic E-state index is 9.99. The maximum absolute atomic E-state index is 9.99. The second kappa shape index (κ2) is 3.35. The molecule has 1 heterocycles. The topological polar surface area (TPSA) is 48.9 Å². The van der Waals surface area contributed by atoms with Crippen molar-refractivity contribution in [2.75, 3.05) is 0 Å². The number of H-pyrrole nitrogens is 1. The first-order chi connectivity index (χ1) is 6.18. The molecule has 2 unspecified atom stereocenters. The minimum Gasteiger partial charge on any atom is -0.389 e. The monoisotopic (exact) mass is 198 g/mol. The summed E-state index contributed by atoms with van der Waals surface area (Å²) in [5, 5.41) is 11.2. The van der Waals surface area contributed by atoms with Crippen molar-refractivity contribution in [3.8, 4) is 0 Å². The van der Waals surface area contributed by atoms with E-state index in [0.29, 0.717) is 5.25 Å². The third-order valence-corrected chi connectivity index (χ3v) is 4.04. The predicted molar refractivity (Wildman–Crippen MR) is 52.7 cm³/mol. The van der Waals surface area contributed by atoms with Crippen molar-refractivity contribution >= 4 is 11.8 Å². The number of nitrogens with zero attached hydrogens (tertiary/aromatic N) is 1. The zero-order chi connectivity index (χ0) is 9.31. The molecule has 0 spiro atoms. The van der Waals surface area contributed by atoms with Crippen molar-refractivity contribution in [3.63, 3.8) is 0 Å². The van der Waals surface area contributed by atoms with Gasteiger partial charge in [-0.15, -0.1) is 0 Å². The van der Waals surface area contributed by atoms with Crippen LogP contribution < -0.4 is 0 Å². The average molecular weight is 198 g/mol. The molecule has 72 valence electrons. The van der Waals surface area contributed by atoms with E-state index in [1.165, 1.54) is 0 Å². The number of aliphatic hydroxyl groups is 1. The van der Waals surface area contributed by atoms with Gasteiger partial charge in [-0.3, -0.25) is 0 Å². The average Bonchev–Trinajstić information content (AvgIpc) is 2.63. The van der Waals surface area contributed by atoms with Gasteiger partial charge in [0.1, 0.15) is 0 Å². The van der Waals surface area contributed by atoms with Crippen LogP contribution in [0.15, 0.2) is 17.6 Å². The van der Waals surface area contributed by atoms with Crippen LogP contribution in [0.3, 0.4) is 0 Å². The highest BCUT2D eigenvalue weighted by atomic mass is 32.2. The second-order valence-corrected chi connectivity index (χ2v) is 4.94. The van der Waals surface area contributed by atoms with Crippen molar-refractivity contribution in [3.05, 3.63) is 12.4 Å². The molecule has 2 rings (SSSR count). The van der Waals surface area contributed by atoms with Crippen LogP contribution in [0.1, 0.15) is 26.2 Å². The molecule has 0 radical (unpaired) electrons. The van der Waals surface area contributed by atoms with E-state index in [1.807, 2.05) is 13.1 Å². The number of imidazole rings is 1. The Morgan fingerprint density at radius 2 is 2.62 bits per heavy atom. The lowest BCUT2D eigenvalue weighted by Crippen LogP contribution is -2.31. The van der Waals surface area contributed by atoms with Gasteiger partial charge in [-0.2, -0.15) is 0 Å². The second-order valence-electron chi connectivity index (χ2n) is 3.75. The summed E-state index contributed by atoms with van der Waals surface area (Å²) in [7, 11) is 0. The molecule has 3 nitrogen and oxygen atoms in total. The van der Waals surface area contributed by atoms with Crippen molar-refractivity contribution in [2.24, 2.45) is 0 Å². The molecule has 0 bridgehead atoms. The number of thioether (sulfide) groups is 1. The van der Waals surface area contributed by atoms with Gasteiger partial charge >= 0.3 is 0 Å². The minimum absolute atomic E-state index is 0.290. The number of aromatic amines is 1. The van der Waals surface area contributed by atoms with Gasteiger partial charge in [-0.1, -0.05) is 11.8 Å². The smallest absolute Gasteiger partial charge is 0.165 e. The Hall–Kier alpha value is -0.480. The van der Waals surface area contributed by atoms with Crippen LogP contribution in [0.25, 0.3) is 0 Å². The number of nitrogens with one attached hydrogen (secondary N) is 1. The third kappa shape index (κ3) is 1.89. The van der Waals surface area contributed by atoms with E-state index in [-0.39, 0.29) is 0 Å². The van der Waals surface area contributed by atoms with E-state index in [2.05, 4.69) is 9.97 Å². The third-order valence-electron chi connectivity index (χ3n) is 2.57. The van der Waals surface area contributed by atoms with E-state index in [4.69, 9.17) is 0 Å². The van der Waals surface area contributed by atoms with E-state index < -0.39 is 5.60 Å². The zero-order valence-electron chi connectivity index (χ0n) is 7.66. The Kier molecular flexibility index (Phi) is 2.34. The highest BCUT2D eigenvalue weighted by molar-refractivity contribution is 7.99. The fourth-order valence-corrected chi connectivity index (χ4v) is 2.94. The lowest BCUT2D eigenvalue weighted by atomic mass is 10.1. The molecule has 0 aliphatic heterocycles. The molecule has 4 heteroatoms. The summed E-state index contributed by atoms with van der Waals surface area (Å²) < 4.78 is 0. The first-order valence-corrected chi connectivity index (χ1v) is 5.45. The molecule has 2 N–H and O–H groups in total. The first-order valence-electron chi connectivity index (χ1n) is 4.57. The van der Waals surface area contributed by atoms with Crippen molar-refractivity contribution in [1.29, 1.82) is 0 Å². The van der Waals surface area contributed by atoms with E-state index in [9.17, 15) is 5.11 Å². The van der Waals surface area contributed by atoms with Crippen LogP contribution in [0.2, 0.25) is 0 Å². The van der Waals surface area contributed by atoms with Crippen LogP contribution in [0.5, 0.6) is 0 Å². The Bertz CT molecular complexity index is 271. The number of hydrogen-bond donors (Lipinski definition) is 2. The number of rotatable bonds is 2. The molecule has 1 aromatic heterocycles. The van der Waals surface area contributed by atoms with Gasteiger partial charge in [0.15, 0.2) is 5.16 Å². The molecule has 1 saturated carbocycles. The van der Waals surface area contributed by atoms with Crippen LogP contribution >= 0.6 is 11.8 Å². The van der Waals surface area contributed by atoms with Gasteiger partial charge in [-0.25, -0.2) is 4.98 Å². The zero-order valence-corrected chi connectivity index (χ0v) is 8.47. The standard InChI is InChI=1S/C9H14N2OS/c1-9(12)4-2-3-7(9)13-8-10-5-6-11-8/h5-7,12H,2-4H2,1H3,(H,10,11). The molecule has 0 amide bonds. The van der Waals surface area contributed by atoms with Gasteiger partial charge in [0.05, 0.1) is 5.60 Å². The summed E-state index contributed by atoms with van der Waals surface area (Å²) in [6.45, 7) is 1.92. The van der Waals surface area contributed by atoms with Gasteiger partial charge in [0.2, 0.25) is 0 Å². The lowest BCUT2D eigenvalue weighted by molar-refractivity contribution is 0.0733. The molecular formula is C9H14N2OS. The summed E-state index contributed by atoms with van der Waals surface area (Å²) in [6, 6.07) is 0. The Labute approximate surface area is 82.0 Å². The quantitative estimate of drug-likeness (QED) is 0.762. The largest absolute Gasteiger partial charge is 0.389 e. The molecule has 1 aliphatic rings. The molecule has 1 fully saturated rings. The molecular weight excluding hydrogens is 184 g/mol. The van der Waals surface area contributed by atoms with Crippen molar-refractivity contribution in [1.82, 2.24) is 9.97 Å². The van der Waals surface area contributed by atoms with Crippen molar-refractivity contribution < 1.29 is 5.11 Å². The summed E-state index contributed by atoms with van der Waals surface area (Å²) in [5.74, 6) is 0. The minimum atomic E-state index is -0.516. The Morgan fingerprint density at radius 1 is 1.77 bits per heavy atom. The molecule has 2 atom stereocenters. The molecule has 0 saturated heterocycles. The molecule has 1 aliphatic carbocycles. The van der Waals surface area contributed by atoms with Crippen LogP contribution in [0.4, 0.5) is 0 Å². The Morgan fingerprint density at radius 3 is 3.15 bits per heavy atom. The van der Waals surface area contributed by atoms with Crippen LogP contribution in [-0.4, -0.2) is 25.9 Å². The normalized spacial score (nSPS) is 33.8. The first kappa shape index (κ1) is 9.09. The number of hydrogen-bond acceptors (Lipinski definition) is 3. The highest BCUT2D eigenvalue weighted by Gasteiger charge is 2.37. The highest BCUT2D eigenvalue weighted by Crippen LogP contribution is 2.40. The molecule has 1 aromatic rings. The maximum Gasteiger partial charge on any atom is 0.165 e. The molecule has 0 aromatic carbocycles. The van der Waals surface area contributed by atoms with Gasteiger partial charge in [0, 0.05) is 17.6 Å². The van der Waals surface area contributed by atoms with E-state index in [0.717, 1.165) is 24.4 Å². The van der Waals surface area contributed by atoms with E-state index >= 15 is 0 Å². The SMILES string of the molecule is CC1(O)CCCC1Sc1ncc[nH]1. The predicted octanol–water partition coefficient (Wildman–Crippen LogP) is 1.81. The molecule has 13 heavy (non-hydrogen) atoms.